The largest absolute Gasteiger partial charge is 0.507 e. The van der Waals surface area contributed by atoms with Crippen molar-refractivity contribution in [3.8, 4) is 5.75 Å². The van der Waals surface area contributed by atoms with Crippen molar-refractivity contribution in [2.45, 2.75) is 6.61 Å². The lowest BCUT2D eigenvalue weighted by Gasteiger charge is -2.03. The second kappa shape index (κ2) is 3.16. The Morgan fingerprint density at radius 1 is 1.29 bits per heavy atom. The quantitative estimate of drug-likeness (QED) is 0.706. The maximum absolute atomic E-state index is 11.3. The fourth-order valence-electron chi connectivity index (χ4n) is 1.35. The zero-order valence-electron chi connectivity index (χ0n) is 7.23. The van der Waals surface area contributed by atoms with Gasteiger partial charge in [0.15, 0.2) is 5.43 Å². The summed E-state index contributed by atoms with van der Waals surface area (Å²) in [5.74, 6) is -0.0747. The highest BCUT2D eigenvalue weighted by molar-refractivity contribution is 5.81. The Labute approximate surface area is 79.0 Å². The summed E-state index contributed by atoms with van der Waals surface area (Å²) in [6.45, 7) is -0.365. The average molecular weight is 192 g/mol. The van der Waals surface area contributed by atoms with E-state index in [0.717, 1.165) is 0 Å². The minimum atomic E-state index is -0.365. The fraction of sp³-hybridized carbons (Fsp3) is 0.100. The van der Waals surface area contributed by atoms with Gasteiger partial charge in [-0.25, -0.2) is 0 Å². The summed E-state index contributed by atoms with van der Waals surface area (Å²) in [7, 11) is 0. The van der Waals surface area contributed by atoms with Crippen molar-refractivity contribution in [3.05, 3.63) is 40.2 Å². The van der Waals surface area contributed by atoms with E-state index in [1.54, 1.807) is 0 Å². The van der Waals surface area contributed by atoms with Crippen molar-refractivity contribution >= 4 is 11.0 Å². The number of fused-ring (bicyclic) bond motifs is 1. The van der Waals surface area contributed by atoms with Crippen LogP contribution in [0.2, 0.25) is 0 Å². The van der Waals surface area contributed by atoms with Crippen LogP contribution >= 0.6 is 0 Å². The highest BCUT2D eigenvalue weighted by Crippen LogP contribution is 2.24. The topological polar surface area (TPSA) is 70.7 Å². The van der Waals surface area contributed by atoms with Gasteiger partial charge < -0.3 is 14.6 Å². The molecule has 2 rings (SSSR count). The first-order chi connectivity index (χ1) is 6.74. The zero-order chi connectivity index (χ0) is 10.1. The van der Waals surface area contributed by atoms with E-state index in [1.165, 1.54) is 24.5 Å². The van der Waals surface area contributed by atoms with E-state index >= 15 is 0 Å². The molecule has 4 nitrogen and oxygen atoms in total. The highest BCUT2D eigenvalue weighted by Gasteiger charge is 2.09. The van der Waals surface area contributed by atoms with Gasteiger partial charge in [0.2, 0.25) is 0 Å². The summed E-state index contributed by atoms with van der Waals surface area (Å²) in [6.07, 6.45) is 1.24. The molecule has 0 fully saturated rings. The van der Waals surface area contributed by atoms with Crippen molar-refractivity contribution in [1.29, 1.82) is 0 Å². The van der Waals surface area contributed by atoms with Crippen LogP contribution in [0.4, 0.5) is 0 Å². The van der Waals surface area contributed by atoms with E-state index in [-0.39, 0.29) is 28.9 Å². The van der Waals surface area contributed by atoms with Gasteiger partial charge >= 0.3 is 0 Å². The molecule has 2 N–H and O–H groups in total. The summed E-state index contributed by atoms with van der Waals surface area (Å²) in [6, 6.07) is 4.13. The molecular weight excluding hydrogens is 184 g/mol. The van der Waals surface area contributed by atoms with E-state index in [4.69, 9.17) is 9.52 Å². The molecule has 0 amide bonds. The number of aromatic hydroxyl groups is 1. The molecule has 0 aliphatic rings. The lowest BCUT2D eigenvalue weighted by molar-refractivity contribution is 0.275. The van der Waals surface area contributed by atoms with Crippen LogP contribution in [0.5, 0.6) is 5.75 Å². The van der Waals surface area contributed by atoms with Crippen LogP contribution in [0.15, 0.2) is 33.7 Å². The van der Waals surface area contributed by atoms with Crippen molar-refractivity contribution in [3.63, 3.8) is 0 Å². The number of phenols is 1. The number of rotatable bonds is 1. The van der Waals surface area contributed by atoms with Gasteiger partial charge in [-0.15, -0.1) is 0 Å². The molecule has 0 aliphatic heterocycles. The van der Waals surface area contributed by atoms with Gasteiger partial charge in [0.1, 0.15) is 11.3 Å². The van der Waals surface area contributed by atoms with Gasteiger partial charge in [-0.2, -0.15) is 0 Å². The van der Waals surface area contributed by atoms with Crippen LogP contribution < -0.4 is 5.43 Å². The highest BCUT2D eigenvalue weighted by atomic mass is 16.3. The predicted octanol–water partition coefficient (Wildman–Crippen LogP) is 0.991. The van der Waals surface area contributed by atoms with E-state index in [1.807, 2.05) is 0 Å². The van der Waals surface area contributed by atoms with Gasteiger partial charge in [0.25, 0.3) is 0 Å². The first kappa shape index (κ1) is 8.77. The Morgan fingerprint density at radius 3 is 2.79 bits per heavy atom. The summed E-state index contributed by atoms with van der Waals surface area (Å²) < 4.78 is 5.08. The molecule has 14 heavy (non-hydrogen) atoms. The summed E-state index contributed by atoms with van der Waals surface area (Å²) in [4.78, 5) is 11.3. The third-order valence-corrected chi connectivity index (χ3v) is 2.06. The van der Waals surface area contributed by atoms with Gasteiger partial charge in [0.05, 0.1) is 23.8 Å². The van der Waals surface area contributed by atoms with Gasteiger partial charge in [-0.3, -0.25) is 4.79 Å². The lowest BCUT2D eigenvalue weighted by atomic mass is 10.1. The molecule has 1 heterocycles. The van der Waals surface area contributed by atoms with E-state index in [0.29, 0.717) is 5.39 Å². The van der Waals surface area contributed by atoms with Gasteiger partial charge in [-0.1, -0.05) is 0 Å². The standard InChI is InChI=1S/C10H8O4/c11-5-7-8(12)2-1-6-9(13)3-4-14-10(6)7/h1-4,11-12H,5H2. The average Bonchev–Trinajstić information content (AvgIpc) is 2.18. The predicted molar refractivity (Wildman–Crippen MR) is 50.1 cm³/mol. The van der Waals surface area contributed by atoms with Crippen LogP contribution in [0, 0.1) is 0 Å². The second-order valence-electron chi connectivity index (χ2n) is 2.88. The van der Waals surface area contributed by atoms with Gasteiger partial charge in [-0.05, 0) is 12.1 Å². The molecule has 0 unspecified atom stereocenters. The monoisotopic (exact) mass is 192 g/mol. The van der Waals surface area contributed by atoms with Crippen LogP contribution in [-0.2, 0) is 6.61 Å². The maximum Gasteiger partial charge on any atom is 0.192 e. The molecule has 0 bridgehead atoms. The number of hydrogen-bond donors (Lipinski definition) is 2. The fourth-order valence-corrected chi connectivity index (χ4v) is 1.35. The number of aliphatic hydroxyl groups is 1. The number of hydrogen-bond acceptors (Lipinski definition) is 4. The van der Waals surface area contributed by atoms with Crippen LogP contribution in [0.1, 0.15) is 5.56 Å². The molecule has 0 radical (unpaired) electrons. The Bertz CT molecular complexity index is 527. The second-order valence-corrected chi connectivity index (χ2v) is 2.88. The normalized spacial score (nSPS) is 10.6. The van der Waals surface area contributed by atoms with Crippen molar-refractivity contribution in [1.82, 2.24) is 0 Å². The molecule has 72 valence electrons. The minimum absolute atomic E-state index is 0.0747. The summed E-state index contributed by atoms with van der Waals surface area (Å²) in [5, 5.41) is 18.7. The molecule has 0 saturated heterocycles. The van der Waals surface area contributed by atoms with Crippen molar-refractivity contribution < 1.29 is 14.6 Å². The van der Waals surface area contributed by atoms with Crippen LogP contribution in [-0.4, -0.2) is 10.2 Å². The molecule has 0 atom stereocenters. The molecule has 0 aliphatic carbocycles. The molecule has 1 aromatic carbocycles. The van der Waals surface area contributed by atoms with Crippen LogP contribution in [0.25, 0.3) is 11.0 Å². The SMILES string of the molecule is O=c1ccoc2c(CO)c(O)ccc12. The Hall–Kier alpha value is -1.81. The Morgan fingerprint density at radius 2 is 2.07 bits per heavy atom. The minimum Gasteiger partial charge on any atom is -0.507 e. The molecule has 1 aromatic heterocycles. The molecule has 0 saturated carbocycles. The van der Waals surface area contributed by atoms with Gasteiger partial charge in [0, 0.05) is 6.07 Å². The molecular formula is C10H8O4. The number of benzene rings is 1. The molecule has 2 aromatic rings. The Balaban J connectivity index is 2.95. The first-order valence-electron chi connectivity index (χ1n) is 4.07. The third kappa shape index (κ3) is 1.16. The first-order valence-corrected chi connectivity index (χ1v) is 4.07. The summed E-state index contributed by atoms with van der Waals surface area (Å²) >= 11 is 0. The Kier molecular flexibility index (Phi) is 1.98. The van der Waals surface area contributed by atoms with E-state index < -0.39 is 0 Å². The molecule has 0 spiro atoms. The third-order valence-electron chi connectivity index (χ3n) is 2.06. The number of aliphatic hydroxyl groups excluding tert-OH is 1. The molecule has 4 heteroatoms. The maximum atomic E-state index is 11.3. The zero-order valence-corrected chi connectivity index (χ0v) is 7.23. The van der Waals surface area contributed by atoms with Crippen molar-refractivity contribution in [2.24, 2.45) is 0 Å². The lowest BCUT2D eigenvalue weighted by Crippen LogP contribution is -1.99. The summed E-state index contributed by atoms with van der Waals surface area (Å²) in [5.41, 5.74) is 0.279. The smallest absolute Gasteiger partial charge is 0.192 e. The van der Waals surface area contributed by atoms with E-state index in [2.05, 4.69) is 0 Å². The van der Waals surface area contributed by atoms with Crippen molar-refractivity contribution in [2.75, 3.05) is 0 Å². The van der Waals surface area contributed by atoms with Crippen LogP contribution in [0.3, 0.4) is 0 Å². The van der Waals surface area contributed by atoms with E-state index in [9.17, 15) is 9.90 Å².